The molecule has 0 radical (unpaired) electrons. The molecule has 5 heteroatoms. The number of aliphatic hydroxyl groups excluding tert-OH is 1. The summed E-state index contributed by atoms with van der Waals surface area (Å²) in [5, 5.41) is 18.2. The van der Waals surface area contributed by atoms with E-state index in [0.29, 0.717) is 10.5 Å². The second-order valence-corrected chi connectivity index (χ2v) is 3.87. The van der Waals surface area contributed by atoms with Gasteiger partial charge in [0.2, 0.25) is 0 Å². The Kier molecular flexibility index (Phi) is 2.18. The van der Waals surface area contributed by atoms with E-state index in [1.807, 2.05) is 0 Å². The molecular weight excluding hydrogens is 202 g/mol. The zero-order valence-electron chi connectivity index (χ0n) is 7.10. The molecule has 0 saturated heterocycles. The van der Waals surface area contributed by atoms with Crippen LogP contribution in [0, 0.1) is 0 Å². The lowest BCUT2D eigenvalue weighted by molar-refractivity contribution is 0.0697. The first kappa shape index (κ1) is 9.11. The predicted molar refractivity (Wildman–Crippen MR) is 52.5 cm³/mol. The number of aromatic nitrogens is 1. The van der Waals surface area contributed by atoms with Gasteiger partial charge >= 0.3 is 5.97 Å². The molecule has 14 heavy (non-hydrogen) atoms. The fourth-order valence-corrected chi connectivity index (χ4v) is 1.98. The van der Waals surface area contributed by atoms with Crippen molar-refractivity contribution in [2.24, 2.45) is 0 Å². The zero-order valence-corrected chi connectivity index (χ0v) is 7.91. The van der Waals surface area contributed by atoms with E-state index in [-0.39, 0.29) is 12.2 Å². The molecular formula is C9H7NO3S. The average molecular weight is 209 g/mol. The van der Waals surface area contributed by atoms with Crippen LogP contribution < -0.4 is 0 Å². The van der Waals surface area contributed by atoms with Gasteiger partial charge in [0.25, 0.3) is 0 Å². The van der Waals surface area contributed by atoms with E-state index in [1.54, 1.807) is 6.07 Å². The Bertz CT molecular complexity index is 492. The zero-order chi connectivity index (χ0) is 10.1. The molecule has 1 heterocycles. The first-order chi connectivity index (χ1) is 6.70. The quantitative estimate of drug-likeness (QED) is 0.786. The van der Waals surface area contributed by atoms with Crippen molar-refractivity contribution in [1.29, 1.82) is 0 Å². The predicted octanol–water partition coefficient (Wildman–Crippen LogP) is 1.49. The molecule has 0 fully saturated rings. The number of hydrogen-bond acceptors (Lipinski definition) is 4. The molecule has 0 atom stereocenters. The summed E-state index contributed by atoms with van der Waals surface area (Å²) in [5.41, 5.74) is 0.839. The number of aliphatic hydroxyl groups is 1. The van der Waals surface area contributed by atoms with Gasteiger partial charge in [-0.3, -0.25) is 0 Å². The monoisotopic (exact) mass is 209 g/mol. The molecule has 4 nitrogen and oxygen atoms in total. The number of carboxylic acid groups (broad SMARTS) is 1. The lowest BCUT2D eigenvalue weighted by Gasteiger charge is -1.91. The minimum absolute atomic E-state index is 0.109. The molecule has 0 aliphatic heterocycles. The number of fused-ring (bicyclic) bond motifs is 1. The van der Waals surface area contributed by atoms with Gasteiger partial charge in [0, 0.05) is 0 Å². The van der Waals surface area contributed by atoms with Crippen LogP contribution in [0.3, 0.4) is 0 Å². The van der Waals surface area contributed by atoms with Crippen LogP contribution >= 0.6 is 11.3 Å². The lowest BCUT2D eigenvalue weighted by Crippen LogP contribution is -1.94. The van der Waals surface area contributed by atoms with Gasteiger partial charge in [-0.25, -0.2) is 9.78 Å². The molecule has 2 N–H and O–H groups in total. The number of benzene rings is 1. The maximum atomic E-state index is 10.6. The van der Waals surface area contributed by atoms with Crippen molar-refractivity contribution in [1.82, 2.24) is 4.98 Å². The topological polar surface area (TPSA) is 70.4 Å². The Labute approximate surface area is 83.5 Å². The maximum Gasteiger partial charge on any atom is 0.335 e. The molecule has 1 aromatic heterocycles. The van der Waals surface area contributed by atoms with Crippen molar-refractivity contribution >= 4 is 27.5 Å². The van der Waals surface area contributed by atoms with E-state index in [1.165, 1.54) is 23.5 Å². The van der Waals surface area contributed by atoms with Crippen LogP contribution in [0.15, 0.2) is 18.2 Å². The summed E-state index contributed by atoms with van der Waals surface area (Å²) in [6.45, 7) is -0.109. The third kappa shape index (κ3) is 1.47. The minimum atomic E-state index is -0.967. The van der Waals surface area contributed by atoms with Gasteiger partial charge in [-0.05, 0) is 18.2 Å². The van der Waals surface area contributed by atoms with Gasteiger partial charge in [-0.15, -0.1) is 11.3 Å². The SMILES string of the molecule is O=C(O)c1ccc2sc(CO)nc2c1. The number of carboxylic acids is 1. The van der Waals surface area contributed by atoms with Gasteiger partial charge in [0.05, 0.1) is 22.4 Å². The third-order valence-electron chi connectivity index (χ3n) is 1.81. The molecule has 0 amide bonds. The molecule has 0 saturated carbocycles. The van der Waals surface area contributed by atoms with Crippen LogP contribution in [0.5, 0.6) is 0 Å². The standard InChI is InChI=1S/C9H7NO3S/c11-4-8-10-6-3-5(9(12)13)1-2-7(6)14-8/h1-3,11H,4H2,(H,12,13). The maximum absolute atomic E-state index is 10.6. The number of thiazole rings is 1. The van der Waals surface area contributed by atoms with E-state index < -0.39 is 5.97 Å². The molecule has 2 rings (SSSR count). The fraction of sp³-hybridized carbons (Fsp3) is 0.111. The van der Waals surface area contributed by atoms with Gasteiger partial charge in [0.15, 0.2) is 0 Å². The lowest BCUT2D eigenvalue weighted by atomic mass is 10.2. The Morgan fingerprint density at radius 2 is 2.29 bits per heavy atom. The van der Waals surface area contributed by atoms with Crippen molar-refractivity contribution in [3.05, 3.63) is 28.8 Å². The summed E-state index contributed by atoms with van der Waals surface area (Å²) in [6.07, 6.45) is 0. The second-order valence-electron chi connectivity index (χ2n) is 2.75. The number of nitrogens with zero attached hydrogens (tertiary/aromatic N) is 1. The van der Waals surface area contributed by atoms with E-state index in [2.05, 4.69) is 4.98 Å². The van der Waals surface area contributed by atoms with Crippen LogP contribution in [-0.2, 0) is 6.61 Å². The highest BCUT2D eigenvalue weighted by Gasteiger charge is 2.07. The second kappa shape index (κ2) is 3.36. The summed E-state index contributed by atoms with van der Waals surface area (Å²) in [5.74, 6) is -0.967. The third-order valence-corrected chi connectivity index (χ3v) is 2.84. The van der Waals surface area contributed by atoms with Crippen LogP contribution in [0.1, 0.15) is 15.4 Å². The highest BCUT2D eigenvalue weighted by molar-refractivity contribution is 7.18. The summed E-state index contributed by atoms with van der Waals surface area (Å²) >= 11 is 1.36. The van der Waals surface area contributed by atoms with Crippen molar-refractivity contribution in [3.63, 3.8) is 0 Å². The molecule has 2 aromatic rings. The molecule has 0 bridgehead atoms. The first-order valence-electron chi connectivity index (χ1n) is 3.94. The number of rotatable bonds is 2. The normalized spacial score (nSPS) is 10.6. The molecule has 0 unspecified atom stereocenters. The van der Waals surface area contributed by atoms with E-state index in [4.69, 9.17) is 10.2 Å². The Balaban J connectivity index is 2.59. The number of carbonyl (C=O) groups is 1. The largest absolute Gasteiger partial charge is 0.478 e. The van der Waals surface area contributed by atoms with Gasteiger partial charge in [-0.1, -0.05) is 0 Å². The van der Waals surface area contributed by atoms with Gasteiger partial charge < -0.3 is 10.2 Å². The van der Waals surface area contributed by atoms with E-state index in [0.717, 1.165) is 4.70 Å². The summed E-state index contributed by atoms with van der Waals surface area (Å²) in [4.78, 5) is 14.7. The number of hydrogen-bond donors (Lipinski definition) is 2. The smallest absolute Gasteiger partial charge is 0.335 e. The van der Waals surface area contributed by atoms with Crippen molar-refractivity contribution in [2.75, 3.05) is 0 Å². The average Bonchev–Trinajstić information content (AvgIpc) is 2.58. The molecule has 0 spiro atoms. The highest BCUT2D eigenvalue weighted by atomic mass is 32.1. The summed E-state index contributed by atoms with van der Waals surface area (Å²) in [7, 11) is 0. The van der Waals surface area contributed by atoms with Crippen molar-refractivity contribution < 1.29 is 15.0 Å². The van der Waals surface area contributed by atoms with E-state index >= 15 is 0 Å². The number of aromatic carboxylic acids is 1. The van der Waals surface area contributed by atoms with Crippen LogP contribution in [0.2, 0.25) is 0 Å². The molecule has 0 aliphatic carbocycles. The van der Waals surface area contributed by atoms with E-state index in [9.17, 15) is 4.79 Å². The van der Waals surface area contributed by atoms with Crippen LogP contribution in [-0.4, -0.2) is 21.2 Å². The molecule has 72 valence electrons. The summed E-state index contributed by atoms with van der Waals surface area (Å²) < 4.78 is 0.888. The molecule has 0 aliphatic rings. The van der Waals surface area contributed by atoms with Crippen LogP contribution in [0.25, 0.3) is 10.2 Å². The van der Waals surface area contributed by atoms with Gasteiger partial charge in [-0.2, -0.15) is 0 Å². The van der Waals surface area contributed by atoms with Crippen molar-refractivity contribution in [2.45, 2.75) is 6.61 Å². The Morgan fingerprint density at radius 1 is 1.50 bits per heavy atom. The minimum Gasteiger partial charge on any atom is -0.478 e. The Morgan fingerprint density at radius 3 is 2.93 bits per heavy atom. The first-order valence-corrected chi connectivity index (χ1v) is 4.76. The molecule has 1 aromatic carbocycles. The highest BCUT2D eigenvalue weighted by Crippen LogP contribution is 2.22. The summed E-state index contributed by atoms with van der Waals surface area (Å²) in [6, 6.07) is 4.74. The van der Waals surface area contributed by atoms with Gasteiger partial charge in [0.1, 0.15) is 5.01 Å². The van der Waals surface area contributed by atoms with Crippen molar-refractivity contribution in [3.8, 4) is 0 Å². The Hall–Kier alpha value is -1.46. The fourth-order valence-electron chi connectivity index (χ4n) is 1.18. The van der Waals surface area contributed by atoms with Crippen LogP contribution in [0.4, 0.5) is 0 Å².